The number of amides is 3. The van der Waals surface area contributed by atoms with Crippen LogP contribution in [0.3, 0.4) is 0 Å². The predicted octanol–water partition coefficient (Wildman–Crippen LogP) is 1.52. The van der Waals surface area contributed by atoms with Crippen molar-refractivity contribution in [3.63, 3.8) is 0 Å². The van der Waals surface area contributed by atoms with E-state index in [0.717, 1.165) is 12.1 Å². The summed E-state index contributed by atoms with van der Waals surface area (Å²) in [5.74, 6) is -2.82. The molecule has 0 aromatic heterocycles. The first-order chi connectivity index (χ1) is 13.2. The quantitative estimate of drug-likeness (QED) is 0.486. The monoisotopic (exact) mass is 388 g/mol. The molecule has 1 atom stereocenters. The molecule has 0 radical (unpaired) electrons. The molecule has 0 bridgehead atoms. The van der Waals surface area contributed by atoms with E-state index >= 15 is 0 Å². The van der Waals surface area contributed by atoms with Crippen molar-refractivity contribution in [1.29, 1.82) is 0 Å². The Bertz CT molecular complexity index is 947. The van der Waals surface area contributed by atoms with Crippen molar-refractivity contribution in [2.45, 2.75) is 19.4 Å². The highest BCUT2D eigenvalue weighted by Gasteiger charge is 2.22. The third kappa shape index (κ3) is 5.34. The van der Waals surface area contributed by atoms with Crippen LogP contribution in [0.1, 0.15) is 22.8 Å². The smallest absolute Gasteiger partial charge is 0.305 e. The Labute approximate surface area is 158 Å². The molecule has 0 unspecified atom stereocenters. The fourth-order valence-electron chi connectivity index (χ4n) is 2.47. The molecule has 28 heavy (non-hydrogen) atoms. The highest BCUT2D eigenvalue weighted by atomic mass is 19.1. The summed E-state index contributed by atoms with van der Waals surface area (Å²) in [6.45, 7) is 1.32. The average molecular weight is 388 g/mol. The summed E-state index contributed by atoms with van der Waals surface area (Å²) in [4.78, 5) is 45.2. The average Bonchev–Trinajstić information content (AvgIpc) is 2.61. The normalized spacial score (nSPS) is 11.4. The Morgan fingerprint density at radius 2 is 1.93 bits per heavy atom. The van der Waals surface area contributed by atoms with Gasteiger partial charge >= 0.3 is 5.69 Å². The van der Waals surface area contributed by atoms with Crippen LogP contribution in [0.25, 0.3) is 0 Å². The van der Waals surface area contributed by atoms with E-state index in [1.165, 1.54) is 25.1 Å². The lowest BCUT2D eigenvalue weighted by molar-refractivity contribution is -0.387. The predicted molar refractivity (Wildman–Crippen MR) is 98.0 cm³/mol. The van der Waals surface area contributed by atoms with Crippen molar-refractivity contribution < 1.29 is 23.7 Å². The van der Waals surface area contributed by atoms with Gasteiger partial charge in [-0.25, -0.2) is 0 Å². The maximum Gasteiger partial charge on any atom is 0.305 e. The van der Waals surface area contributed by atoms with Gasteiger partial charge < -0.3 is 16.4 Å². The third-order valence-corrected chi connectivity index (χ3v) is 3.74. The van der Waals surface area contributed by atoms with Gasteiger partial charge in [0.05, 0.1) is 4.92 Å². The van der Waals surface area contributed by atoms with E-state index < -0.39 is 34.3 Å². The summed E-state index contributed by atoms with van der Waals surface area (Å²) >= 11 is 0. The first kappa shape index (κ1) is 20.5. The Hall–Kier alpha value is -3.82. The number of carbonyl (C=O) groups excluding carboxylic acids is 3. The number of rotatable bonds is 7. The number of hydrogen-bond acceptors (Lipinski definition) is 5. The standard InChI is InChI=1S/C18H17FN4O5/c1-10(24)21-13-4-2-3-12(9-13)18(26)22-15(17(20)25)7-11-5-6-14(19)16(8-11)23(27)28/h2-6,8-9,15H,7H2,1H3,(H2,20,25)(H,21,24)(H,22,26)/t15-/m0/s1. The molecule has 0 saturated carbocycles. The molecule has 146 valence electrons. The summed E-state index contributed by atoms with van der Waals surface area (Å²) < 4.78 is 13.4. The van der Waals surface area contributed by atoms with Crippen LogP contribution in [-0.4, -0.2) is 28.7 Å². The number of nitrogens with zero attached hydrogens (tertiary/aromatic N) is 1. The molecule has 4 N–H and O–H groups in total. The second-order valence-corrected chi connectivity index (χ2v) is 5.94. The number of primary amides is 1. The van der Waals surface area contributed by atoms with Gasteiger partial charge in [0.1, 0.15) is 6.04 Å². The minimum atomic E-state index is -1.18. The number of halogens is 1. The van der Waals surface area contributed by atoms with Crippen LogP contribution in [0.4, 0.5) is 15.8 Å². The minimum absolute atomic E-state index is 0.159. The van der Waals surface area contributed by atoms with E-state index in [0.29, 0.717) is 5.69 Å². The Kier molecular flexibility index (Phi) is 6.38. The molecule has 0 aliphatic carbocycles. The largest absolute Gasteiger partial charge is 0.368 e. The van der Waals surface area contributed by atoms with Crippen LogP contribution in [0.15, 0.2) is 42.5 Å². The second kappa shape index (κ2) is 8.71. The molecule has 2 aromatic carbocycles. The SMILES string of the molecule is CC(=O)Nc1cccc(C(=O)N[C@@H](Cc2ccc(F)c([N+](=O)[O-])c2)C(N)=O)c1. The van der Waals surface area contributed by atoms with E-state index in [9.17, 15) is 28.9 Å². The van der Waals surface area contributed by atoms with Gasteiger partial charge in [0, 0.05) is 30.7 Å². The topological polar surface area (TPSA) is 144 Å². The van der Waals surface area contributed by atoms with Crippen LogP contribution in [0, 0.1) is 15.9 Å². The minimum Gasteiger partial charge on any atom is -0.368 e. The third-order valence-electron chi connectivity index (χ3n) is 3.74. The number of carbonyl (C=O) groups is 3. The molecule has 0 heterocycles. The zero-order valence-electron chi connectivity index (χ0n) is 14.8. The highest BCUT2D eigenvalue weighted by Crippen LogP contribution is 2.19. The summed E-state index contributed by atoms with van der Waals surface area (Å²) in [6, 6.07) is 7.99. The zero-order valence-corrected chi connectivity index (χ0v) is 14.8. The summed E-state index contributed by atoms with van der Waals surface area (Å²) in [6.07, 6.45) is -0.159. The van der Waals surface area contributed by atoms with Crippen LogP contribution < -0.4 is 16.4 Å². The van der Waals surface area contributed by atoms with Crippen LogP contribution >= 0.6 is 0 Å². The fraction of sp³-hybridized carbons (Fsp3) is 0.167. The molecule has 0 aliphatic rings. The lowest BCUT2D eigenvalue weighted by atomic mass is 10.0. The second-order valence-electron chi connectivity index (χ2n) is 5.94. The fourth-order valence-corrected chi connectivity index (χ4v) is 2.47. The maximum atomic E-state index is 13.4. The molecule has 0 saturated heterocycles. The molecule has 0 spiro atoms. The van der Waals surface area contributed by atoms with Gasteiger partial charge in [-0.05, 0) is 29.8 Å². The number of benzene rings is 2. The first-order valence-corrected chi connectivity index (χ1v) is 8.08. The highest BCUT2D eigenvalue weighted by molar-refractivity contribution is 5.99. The first-order valence-electron chi connectivity index (χ1n) is 8.08. The Balaban J connectivity index is 2.18. The van der Waals surface area contributed by atoms with Crippen molar-refractivity contribution in [3.8, 4) is 0 Å². The van der Waals surface area contributed by atoms with Gasteiger partial charge in [-0.3, -0.25) is 24.5 Å². The summed E-state index contributed by atoms with van der Waals surface area (Å²) in [5.41, 5.74) is 5.39. The number of nitrogens with two attached hydrogens (primary N) is 1. The lowest BCUT2D eigenvalue weighted by Gasteiger charge is -2.16. The lowest BCUT2D eigenvalue weighted by Crippen LogP contribution is -2.45. The van der Waals surface area contributed by atoms with E-state index in [2.05, 4.69) is 10.6 Å². The molecule has 0 fully saturated rings. The van der Waals surface area contributed by atoms with Gasteiger partial charge in [0.25, 0.3) is 5.91 Å². The van der Waals surface area contributed by atoms with Crippen LogP contribution in [0.2, 0.25) is 0 Å². The number of nitro groups is 1. The molecule has 3 amide bonds. The van der Waals surface area contributed by atoms with Crippen molar-refractivity contribution >= 4 is 29.1 Å². The van der Waals surface area contributed by atoms with Crippen molar-refractivity contribution in [1.82, 2.24) is 5.32 Å². The molecule has 0 aliphatic heterocycles. The molecular formula is C18H17FN4O5. The maximum absolute atomic E-state index is 13.4. The van der Waals surface area contributed by atoms with E-state index in [4.69, 9.17) is 5.73 Å². The van der Waals surface area contributed by atoms with Crippen molar-refractivity contribution in [2.75, 3.05) is 5.32 Å². The van der Waals surface area contributed by atoms with Gasteiger partial charge in [-0.1, -0.05) is 12.1 Å². The Morgan fingerprint density at radius 1 is 1.21 bits per heavy atom. The van der Waals surface area contributed by atoms with Crippen molar-refractivity contribution in [3.05, 3.63) is 69.5 Å². The molecule has 2 aromatic rings. The van der Waals surface area contributed by atoms with E-state index in [1.807, 2.05) is 0 Å². The van der Waals surface area contributed by atoms with Gasteiger partial charge in [0.2, 0.25) is 17.6 Å². The molecular weight excluding hydrogens is 371 g/mol. The summed E-state index contributed by atoms with van der Waals surface area (Å²) in [7, 11) is 0. The molecule has 2 rings (SSSR count). The van der Waals surface area contributed by atoms with E-state index in [-0.39, 0.29) is 23.5 Å². The Morgan fingerprint density at radius 3 is 2.54 bits per heavy atom. The van der Waals surface area contributed by atoms with Gasteiger partial charge in [0.15, 0.2) is 0 Å². The van der Waals surface area contributed by atoms with Crippen LogP contribution in [-0.2, 0) is 16.0 Å². The zero-order chi connectivity index (χ0) is 20.8. The van der Waals surface area contributed by atoms with Crippen LogP contribution in [0.5, 0.6) is 0 Å². The van der Waals surface area contributed by atoms with E-state index in [1.54, 1.807) is 12.1 Å². The number of anilines is 1. The number of nitrogens with one attached hydrogen (secondary N) is 2. The number of nitro benzene ring substituents is 1. The molecule has 9 nitrogen and oxygen atoms in total. The van der Waals surface area contributed by atoms with Gasteiger partial charge in [-0.15, -0.1) is 0 Å². The number of hydrogen-bond donors (Lipinski definition) is 3. The summed E-state index contributed by atoms with van der Waals surface area (Å²) in [5, 5.41) is 15.8. The van der Waals surface area contributed by atoms with Gasteiger partial charge in [-0.2, -0.15) is 4.39 Å². The molecule has 10 heteroatoms. The van der Waals surface area contributed by atoms with Crippen molar-refractivity contribution in [2.24, 2.45) is 5.73 Å².